The van der Waals surface area contributed by atoms with Crippen molar-refractivity contribution >= 4 is 39.0 Å². The fraction of sp³-hybridized carbons (Fsp3) is 0.0833. The molecule has 33 heavy (non-hydrogen) atoms. The smallest absolute Gasteiger partial charge is 0.161 e. The summed E-state index contributed by atoms with van der Waals surface area (Å²) in [6.45, 7) is 0. The number of rotatable bonds is 4. The van der Waals surface area contributed by atoms with E-state index in [1.807, 2.05) is 48.6 Å². The summed E-state index contributed by atoms with van der Waals surface area (Å²) in [5.41, 5.74) is 6.39. The number of hydrogen-bond donors (Lipinski definition) is 2. The van der Waals surface area contributed by atoms with Gasteiger partial charge in [-0.15, -0.1) is 0 Å². The predicted molar refractivity (Wildman–Crippen MR) is 130 cm³/mol. The lowest BCUT2D eigenvalue weighted by Crippen LogP contribution is -2.09. The van der Waals surface area contributed by atoms with E-state index in [0.29, 0.717) is 28.0 Å². The Kier molecular flexibility index (Phi) is 4.44. The highest BCUT2D eigenvalue weighted by molar-refractivity contribution is 7.08. The van der Waals surface area contributed by atoms with Gasteiger partial charge in [0.15, 0.2) is 11.6 Å². The van der Waals surface area contributed by atoms with Gasteiger partial charge in [-0.25, -0.2) is 9.37 Å². The zero-order chi connectivity index (χ0) is 22.5. The van der Waals surface area contributed by atoms with Crippen LogP contribution in [-0.2, 0) is 0 Å². The molecule has 0 aliphatic carbocycles. The van der Waals surface area contributed by atoms with Gasteiger partial charge in [0.2, 0.25) is 0 Å². The van der Waals surface area contributed by atoms with Crippen LogP contribution in [0.3, 0.4) is 0 Å². The number of anilines is 1. The normalized spacial score (nSPS) is 11.5. The number of aromatic amines is 2. The molecule has 0 spiro atoms. The van der Waals surface area contributed by atoms with Crippen molar-refractivity contribution in [3.63, 3.8) is 0 Å². The van der Waals surface area contributed by atoms with Gasteiger partial charge in [0, 0.05) is 31.4 Å². The minimum absolute atomic E-state index is 0.219. The number of benzene rings is 1. The molecule has 0 saturated heterocycles. The van der Waals surface area contributed by atoms with Gasteiger partial charge in [0.25, 0.3) is 0 Å². The van der Waals surface area contributed by atoms with Crippen LogP contribution in [-0.4, -0.2) is 44.2 Å². The molecule has 0 amide bonds. The van der Waals surface area contributed by atoms with E-state index >= 15 is 4.39 Å². The Bertz CT molecular complexity index is 1620. The van der Waals surface area contributed by atoms with Crippen LogP contribution in [0.15, 0.2) is 59.7 Å². The average molecular weight is 456 g/mol. The Balaban J connectivity index is 1.53. The summed E-state index contributed by atoms with van der Waals surface area (Å²) in [6.07, 6.45) is 4.92. The van der Waals surface area contributed by atoms with Crippen LogP contribution in [0.4, 0.5) is 10.1 Å². The van der Waals surface area contributed by atoms with E-state index in [0.717, 1.165) is 27.8 Å². The molecule has 0 aliphatic rings. The van der Waals surface area contributed by atoms with E-state index in [1.54, 1.807) is 29.9 Å². The number of thiophene rings is 1. The molecule has 2 N–H and O–H groups in total. The zero-order valence-electron chi connectivity index (χ0n) is 17.8. The molecule has 7 nitrogen and oxygen atoms in total. The number of imidazole rings is 1. The lowest BCUT2D eigenvalue weighted by Gasteiger charge is -2.13. The van der Waals surface area contributed by atoms with Crippen molar-refractivity contribution in [2.75, 3.05) is 19.0 Å². The molecule has 0 radical (unpaired) electrons. The van der Waals surface area contributed by atoms with Gasteiger partial charge in [0.1, 0.15) is 11.4 Å². The minimum atomic E-state index is -0.465. The summed E-state index contributed by atoms with van der Waals surface area (Å²) in [5.74, 6) is 0.0302. The second-order valence-corrected chi connectivity index (χ2v) is 8.69. The number of nitrogens with one attached hydrogen (secondary N) is 2. The number of halogens is 1. The van der Waals surface area contributed by atoms with Gasteiger partial charge in [-0.3, -0.25) is 15.1 Å². The van der Waals surface area contributed by atoms with E-state index < -0.39 is 5.82 Å². The molecule has 1 aromatic carbocycles. The quantitative estimate of drug-likeness (QED) is 0.367. The third-order valence-corrected chi connectivity index (χ3v) is 6.31. The highest BCUT2D eigenvalue weighted by Gasteiger charge is 2.21. The van der Waals surface area contributed by atoms with Crippen LogP contribution in [0.1, 0.15) is 0 Å². The Morgan fingerprint density at radius 2 is 1.91 bits per heavy atom. The number of para-hydroxylation sites is 1. The fourth-order valence-corrected chi connectivity index (χ4v) is 4.60. The summed E-state index contributed by atoms with van der Waals surface area (Å²) < 4.78 is 15.8. The Hall–Kier alpha value is -4.11. The largest absolute Gasteiger partial charge is 0.376 e. The summed E-state index contributed by atoms with van der Waals surface area (Å²) in [4.78, 5) is 18.6. The minimum Gasteiger partial charge on any atom is -0.376 e. The van der Waals surface area contributed by atoms with Crippen LogP contribution < -0.4 is 4.90 Å². The molecule has 0 atom stereocenters. The van der Waals surface area contributed by atoms with Gasteiger partial charge in [0.05, 0.1) is 40.0 Å². The molecule has 0 aliphatic heterocycles. The van der Waals surface area contributed by atoms with Gasteiger partial charge in [-0.05, 0) is 34.5 Å². The number of aromatic nitrogens is 6. The first-order valence-corrected chi connectivity index (χ1v) is 11.2. The first-order valence-electron chi connectivity index (χ1n) is 10.3. The van der Waals surface area contributed by atoms with Crippen molar-refractivity contribution in [1.29, 1.82) is 0 Å². The van der Waals surface area contributed by atoms with E-state index in [-0.39, 0.29) is 5.69 Å². The topological polar surface area (TPSA) is 86.4 Å². The molecule has 0 fully saturated rings. The van der Waals surface area contributed by atoms with Crippen LogP contribution in [0.2, 0.25) is 0 Å². The summed E-state index contributed by atoms with van der Waals surface area (Å²) in [6, 6.07) is 9.89. The SMILES string of the molecule is CN(C)c1cncc(-c2ncc3[nH]nc(-c4nc5c(-c6ccsc6)cccc5[nH]4)c3c2F)c1. The maximum absolute atomic E-state index is 15.8. The number of H-pyrrole nitrogens is 2. The van der Waals surface area contributed by atoms with Gasteiger partial charge in [-0.1, -0.05) is 12.1 Å². The first kappa shape index (κ1) is 19.6. The van der Waals surface area contributed by atoms with Crippen LogP contribution >= 0.6 is 11.3 Å². The van der Waals surface area contributed by atoms with Gasteiger partial charge >= 0.3 is 0 Å². The molecular formula is C24H18FN7S. The van der Waals surface area contributed by atoms with Crippen LogP contribution in [0, 0.1) is 5.82 Å². The maximum atomic E-state index is 15.8. The van der Waals surface area contributed by atoms with Gasteiger partial charge in [-0.2, -0.15) is 16.4 Å². The molecular weight excluding hydrogens is 437 g/mol. The molecule has 162 valence electrons. The highest BCUT2D eigenvalue weighted by Crippen LogP contribution is 2.35. The predicted octanol–water partition coefficient (Wildman–Crippen LogP) is 5.50. The zero-order valence-corrected chi connectivity index (χ0v) is 18.6. The van der Waals surface area contributed by atoms with Crippen molar-refractivity contribution in [2.24, 2.45) is 0 Å². The molecule has 6 aromatic rings. The van der Waals surface area contributed by atoms with Crippen molar-refractivity contribution in [2.45, 2.75) is 0 Å². The second kappa shape index (κ2) is 7.49. The number of hydrogen-bond acceptors (Lipinski definition) is 6. The van der Waals surface area contributed by atoms with E-state index in [4.69, 9.17) is 4.98 Å². The summed E-state index contributed by atoms with van der Waals surface area (Å²) >= 11 is 1.63. The Morgan fingerprint density at radius 1 is 1.00 bits per heavy atom. The standard InChI is InChI=1S/C24H18FN7S/c1-32(2)15-8-14(9-26-10-15)21-20(25)19-18(11-27-21)30-31-23(19)24-28-17-5-3-4-16(22(17)29-24)13-6-7-33-12-13/h3-12H,1-2H3,(H,28,29)(H,30,31). The summed E-state index contributed by atoms with van der Waals surface area (Å²) in [5, 5.41) is 11.7. The number of fused-ring (bicyclic) bond motifs is 2. The molecule has 9 heteroatoms. The number of nitrogens with zero attached hydrogens (tertiary/aromatic N) is 5. The van der Waals surface area contributed by atoms with Gasteiger partial charge < -0.3 is 9.88 Å². The maximum Gasteiger partial charge on any atom is 0.161 e. The molecule has 0 unspecified atom stereocenters. The molecule has 5 heterocycles. The van der Waals surface area contributed by atoms with Crippen molar-refractivity contribution in [1.82, 2.24) is 30.1 Å². The first-order chi connectivity index (χ1) is 16.1. The van der Waals surface area contributed by atoms with Crippen molar-refractivity contribution in [3.05, 3.63) is 65.5 Å². The summed E-state index contributed by atoms with van der Waals surface area (Å²) in [7, 11) is 3.82. The van der Waals surface area contributed by atoms with E-state index in [9.17, 15) is 0 Å². The highest BCUT2D eigenvalue weighted by atomic mass is 32.1. The average Bonchev–Trinajstić information content (AvgIpc) is 3.58. The fourth-order valence-electron chi connectivity index (χ4n) is 3.94. The van der Waals surface area contributed by atoms with E-state index in [2.05, 4.69) is 36.6 Å². The van der Waals surface area contributed by atoms with E-state index in [1.165, 1.54) is 0 Å². The van der Waals surface area contributed by atoms with Crippen LogP contribution in [0.25, 0.3) is 55.8 Å². The van der Waals surface area contributed by atoms with Crippen molar-refractivity contribution < 1.29 is 4.39 Å². The van der Waals surface area contributed by atoms with Crippen LogP contribution in [0.5, 0.6) is 0 Å². The third-order valence-electron chi connectivity index (χ3n) is 5.63. The second-order valence-electron chi connectivity index (χ2n) is 7.91. The van der Waals surface area contributed by atoms with Crippen molar-refractivity contribution in [3.8, 4) is 33.9 Å². The monoisotopic (exact) mass is 455 g/mol. The Morgan fingerprint density at radius 3 is 2.73 bits per heavy atom. The lowest BCUT2D eigenvalue weighted by molar-refractivity contribution is 0.638. The third kappa shape index (κ3) is 3.16. The Labute approximate surface area is 192 Å². The number of pyridine rings is 2. The molecule has 5 aromatic heterocycles. The molecule has 0 bridgehead atoms. The lowest BCUT2D eigenvalue weighted by atomic mass is 10.1. The molecule has 0 saturated carbocycles. The molecule has 6 rings (SSSR count).